The van der Waals surface area contributed by atoms with Crippen molar-refractivity contribution in [1.29, 1.82) is 0 Å². The van der Waals surface area contributed by atoms with Crippen molar-refractivity contribution < 1.29 is 14.5 Å². The molecule has 0 saturated carbocycles. The van der Waals surface area contributed by atoms with Gasteiger partial charge in [-0.1, -0.05) is 28.1 Å². The first-order valence-electron chi connectivity index (χ1n) is 8.59. The average Bonchev–Trinajstić information content (AvgIpc) is 3.32. The van der Waals surface area contributed by atoms with Crippen LogP contribution in [0.1, 0.15) is 5.56 Å². The number of nitrogen functional groups attached to an aromatic ring is 1. The predicted octanol–water partition coefficient (Wildman–Crippen LogP) is 3.81. The number of carbonyl (C=O) groups is 1. The number of aromatic nitrogens is 4. The van der Waals surface area contributed by atoms with Gasteiger partial charge in [0.1, 0.15) is 12.3 Å². The number of anilines is 1. The van der Waals surface area contributed by atoms with E-state index in [2.05, 4.69) is 78.2 Å². The number of imidazole rings is 1. The fourth-order valence-electron chi connectivity index (χ4n) is 2.83. The van der Waals surface area contributed by atoms with Gasteiger partial charge in [-0.15, -0.1) is 0 Å². The summed E-state index contributed by atoms with van der Waals surface area (Å²) in [6.45, 7) is -0.104. The summed E-state index contributed by atoms with van der Waals surface area (Å²) in [6.07, 6.45) is 1.41. The molecule has 0 saturated heterocycles. The number of phenolic OH excluding ortho intramolecular Hbond substituents is 1. The number of hydrazone groups is 1. The van der Waals surface area contributed by atoms with E-state index in [-0.39, 0.29) is 23.8 Å². The molecule has 4 aromatic rings. The molecule has 2 heterocycles. The van der Waals surface area contributed by atoms with Gasteiger partial charge in [0.2, 0.25) is 0 Å². The van der Waals surface area contributed by atoms with Crippen LogP contribution in [-0.2, 0) is 11.3 Å². The second kappa shape index (κ2) is 8.77. The van der Waals surface area contributed by atoms with Crippen LogP contribution >= 0.6 is 47.8 Å². The molecule has 0 aliphatic rings. The summed E-state index contributed by atoms with van der Waals surface area (Å²) in [5.74, 6) is 0.0238. The van der Waals surface area contributed by atoms with Crippen molar-refractivity contribution in [1.82, 2.24) is 25.3 Å². The number of nitrogens with zero attached hydrogens (tertiary/aromatic N) is 5. The third kappa shape index (κ3) is 4.20. The largest absolute Gasteiger partial charge is 0.506 e. The van der Waals surface area contributed by atoms with E-state index in [4.69, 9.17) is 5.73 Å². The van der Waals surface area contributed by atoms with Gasteiger partial charge in [0, 0.05) is 10.0 Å². The number of fused-ring (bicyclic) bond motifs is 1. The van der Waals surface area contributed by atoms with Crippen LogP contribution in [0.5, 0.6) is 5.75 Å². The topological polar surface area (TPSA) is 144 Å². The second-order valence-electron chi connectivity index (χ2n) is 6.22. The van der Waals surface area contributed by atoms with Crippen molar-refractivity contribution >= 4 is 76.8 Å². The summed E-state index contributed by atoms with van der Waals surface area (Å²) >= 11 is 9.94. The van der Waals surface area contributed by atoms with Gasteiger partial charge in [-0.05, 0) is 60.4 Å². The maximum Gasteiger partial charge on any atom is 0.260 e. The summed E-state index contributed by atoms with van der Waals surface area (Å²) in [6, 6.07) is 8.97. The molecule has 4 rings (SSSR count). The van der Waals surface area contributed by atoms with Crippen LogP contribution in [0.2, 0.25) is 0 Å². The summed E-state index contributed by atoms with van der Waals surface area (Å²) in [5.41, 5.74) is 10.4. The maximum atomic E-state index is 12.6. The zero-order valence-corrected chi connectivity index (χ0v) is 20.1. The van der Waals surface area contributed by atoms with E-state index < -0.39 is 5.91 Å². The number of rotatable bonds is 5. The molecule has 4 N–H and O–H groups in total. The van der Waals surface area contributed by atoms with E-state index in [0.29, 0.717) is 35.8 Å². The zero-order valence-electron chi connectivity index (χ0n) is 15.4. The lowest BCUT2D eigenvalue weighted by atomic mass is 10.2. The molecule has 13 heteroatoms. The lowest BCUT2D eigenvalue weighted by Gasteiger charge is -2.08. The van der Waals surface area contributed by atoms with Gasteiger partial charge in [0.25, 0.3) is 5.91 Å². The molecule has 2 aromatic carbocycles. The highest BCUT2D eigenvalue weighted by atomic mass is 79.9. The Kier molecular flexibility index (Phi) is 6.07. The number of amides is 1. The number of carbonyl (C=O) groups excluding carboxylic acids is 1. The first kappa shape index (κ1) is 21.5. The molecule has 1 amide bonds. The minimum atomic E-state index is -0.413. The molecule has 0 aliphatic heterocycles. The molecule has 2 aromatic heterocycles. The number of phenols is 1. The van der Waals surface area contributed by atoms with E-state index in [1.807, 2.05) is 24.3 Å². The minimum Gasteiger partial charge on any atom is -0.506 e. The number of hydrogen-bond acceptors (Lipinski definition) is 8. The van der Waals surface area contributed by atoms with Crippen molar-refractivity contribution in [3.05, 3.63) is 49.3 Å². The summed E-state index contributed by atoms with van der Waals surface area (Å²) in [5, 5.41) is 21.4. The van der Waals surface area contributed by atoms with Gasteiger partial charge in [0.15, 0.2) is 17.3 Å². The standard InChI is InChI=1S/C18H12Br3N7O3/c19-9-5-10(20)16(30)14(21)8(9)6-23-25-13(29)7-28-12-4-2-1-3-11(12)24-18(28)15-17(22)27-31-26-15/h1-6,30H,7H2,(H2,22,27)(H,25,29)/b23-6+. The molecule has 10 nitrogen and oxygen atoms in total. The zero-order chi connectivity index (χ0) is 22.1. The number of halogens is 3. The normalized spacial score (nSPS) is 11.5. The summed E-state index contributed by atoms with van der Waals surface area (Å²) < 4.78 is 7.91. The van der Waals surface area contributed by atoms with Crippen LogP contribution in [0, 0.1) is 0 Å². The van der Waals surface area contributed by atoms with Crippen LogP contribution < -0.4 is 11.2 Å². The molecular weight excluding hydrogens is 602 g/mol. The number of para-hydroxylation sites is 2. The lowest BCUT2D eigenvalue weighted by molar-refractivity contribution is -0.121. The SMILES string of the molecule is Nc1nonc1-c1nc2ccccc2n1CC(=O)N/N=C/c1c(Br)cc(Br)c(O)c1Br. The highest BCUT2D eigenvalue weighted by Crippen LogP contribution is 2.38. The van der Waals surface area contributed by atoms with Gasteiger partial charge < -0.3 is 15.4 Å². The van der Waals surface area contributed by atoms with Crippen molar-refractivity contribution in [3.63, 3.8) is 0 Å². The Hall–Kier alpha value is -2.77. The molecular formula is C18H12Br3N7O3. The monoisotopic (exact) mass is 611 g/mol. The molecule has 0 unspecified atom stereocenters. The highest BCUT2D eigenvalue weighted by Gasteiger charge is 2.20. The van der Waals surface area contributed by atoms with Gasteiger partial charge >= 0.3 is 0 Å². The van der Waals surface area contributed by atoms with Crippen molar-refractivity contribution in [2.45, 2.75) is 6.54 Å². The number of hydrogen-bond donors (Lipinski definition) is 3. The molecule has 158 valence electrons. The first-order valence-corrected chi connectivity index (χ1v) is 11.0. The fourth-order valence-corrected chi connectivity index (χ4v) is 5.15. The van der Waals surface area contributed by atoms with Crippen LogP contribution in [0.15, 0.2) is 53.5 Å². The Morgan fingerprint density at radius 2 is 2.03 bits per heavy atom. The maximum absolute atomic E-state index is 12.6. The Morgan fingerprint density at radius 1 is 1.26 bits per heavy atom. The number of benzene rings is 2. The molecule has 0 fully saturated rings. The van der Waals surface area contributed by atoms with Crippen LogP contribution in [0.4, 0.5) is 5.82 Å². The smallest absolute Gasteiger partial charge is 0.260 e. The predicted molar refractivity (Wildman–Crippen MR) is 124 cm³/mol. The Bertz CT molecular complexity index is 1330. The molecule has 0 radical (unpaired) electrons. The number of aromatic hydroxyl groups is 1. The van der Waals surface area contributed by atoms with E-state index in [0.717, 1.165) is 0 Å². The van der Waals surface area contributed by atoms with E-state index >= 15 is 0 Å². The molecule has 31 heavy (non-hydrogen) atoms. The van der Waals surface area contributed by atoms with Crippen molar-refractivity contribution in [3.8, 4) is 17.3 Å². The summed E-state index contributed by atoms with van der Waals surface area (Å²) in [7, 11) is 0. The van der Waals surface area contributed by atoms with E-state index in [9.17, 15) is 9.90 Å². The Labute approximate surface area is 199 Å². The Balaban J connectivity index is 1.59. The van der Waals surface area contributed by atoms with Gasteiger partial charge in [-0.25, -0.2) is 15.0 Å². The summed E-state index contributed by atoms with van der Waals surface area (Å²) in [4.78, 5) is 17.1. The second-order valence-corrected chi connectivity index (χ2v) is 8.72. The third-order valence-electron chi connectivity index (χ3n) is 4.25. The molecule has 0 atom stereocenters. The average molecular weight is 614 g/mol. The van der Waals surface area contributed by atoms with Gasteiger partial charge in [-0.2, -0.15) is 5.10 Å². The lowest BCUT2D eigenvalue weighted by Crippen LogP contribution is -2.23. The van der Waals surface area contributed by atoms with Crippen molar-refractivity contribution in [2.24, 2.45) is 5.10 Å². The van der Waals surface area contributed by atoms with Crippen LogP contribution in [-0.4, -0.2) is 37.1 Å². The minimum absolute atomic E-state index is 0.0179. The van der Waals surface area contributed by atoms with E-state index in [1.54, 1.807) is 10.6 Å². The number of nitrogens with two attached hydrogens (primary N) is 1. The highest BCUT2D eigenvalue weighted by molar-refractivity contribution is 9.11. The molecule has 0 spiro atoms. The van der Waals surface area contributed by atoms with Crippen LogP contribution in [0.3, 0.4) is 0 Å². The van der Waals surface area contributed by atoms with Crippen molar-refractivity contribution in [2.75, 3.05) is 5.73 Å². The van der Waals surface area contributed by atoms with Crippen LogP contribution in [0.25, 0.3) is 22.6 Å². The Morgan fingerprint density at radius 3 is 2.77 bits per heavy atom. The molecule has 0 aliphatic carbocycles. The number of nitrogens with one attached hydrogen (secondary N) is 1. The molecule has 0 bridgehead atoms. The third-order valence-corrected chi connectivity index (χ3v) is 6.31. The van der Waals surface area contributed by atoms with E-state index in [1.165, 1.54) is 6.21 Å². The quantitative estimate of drug-likeness (QED) is 0.229. The van der Waals surface area contributed by atoms with Gasteiger partial charge in [0.05, 0.1) is 26.2 Å². The fraction of sp³-hybridized carbons (Fsp3) is 0.0556. The van der Waals surface area contributed by atoms with Gasteiger partial charge in [-0.3, -0.25) is 4.79 Å². The first-order chi connectivity index (χ1) is 14.9.